The van der Waals surface area contributed by atoms with Gasteiger partial charge in [-0.2, -0.15) is 5.26 Å². The second-order valence-corrected chi connectivity index (χ2v) is 7.03. The molecule has 0 saturated carbocycles. The first-order chi connectivity index (χ1) is 14.8. The van der Waals surface area contributed by atoms with Crippen LogP contribution < -0.4 is 10.2 Å². The van der Waals surface area contributed by atoms with Gasteiger partial charge in [-0.15, -0.1) is 0 Å². The normalized spacial score (nSPS) is 10.7. The van der Waals surface area contributed by atoms with Crippen LogP contribution in [0, 0.1) is 25.2 Å². The van der Waals surface area contributed by atoms with Gasteiger partial charge in [0.15, 0.2) is 6.61 Å². The van der Waals surface area contributed by atoms with Gasteiger partial charge in [0, 0.05) is 19.2 Å². The number of hydrogen-bond acceptors (Lipinski definition) is 5. The van der Waals surface area contributed by atoms with Crippen molar-refractivity contribution < 1.29 is 19.1 Å². The van der Waals surface area contributed by atoms with E-state index < -0.39 is 24.4 Å². The summed E-state index contributed by atoms with van der Waals surface area (Å²) >= 11 is 0. The molecule has 0 heterocycles. The number of nitrogens with zero attached hydrogens (tertiary/aromatic N) is 2. The Labute approximate surface area is 181 Å². The molecular weight excluding hydrogens is 394 g/mol. The third-order valence-electron chi connectivity index (χ3n) is 4.23. The Morgan fingerprint density at radius 2 is 1.74 bits per heavy atom. The lowest BCUT2D eigenvalue weighted by molar-refractivity contribution is -0.144. The number of carbonyl (C=O) groups is 3. The quantitative estimate of drug-likeness (QED) is 0.523. The van der Waals surface area contributed by atoms with Crippen molar-refractivity contribution in [2.45, 2.75) is 27.2 Å². The summed E-state index contributed by atoms with van der Waals surface area (Å²) in [4.78, 5) is 38.3. The minimum Gasteiger partial charge on any atom is -0.451 e. The molecule has 0 aromatic heterocycles. The van der Waals surface area contributed by atoms with Crippen molar-refractivity contribution in [3.63, 3.8) is 0 Å². The van der Waals surface area contributed by atoms with E-state index in [-0.39, 0.29) is 18.7 Å². The highest BCUT2D eigenvalue weighted by Gasteiger charge is 2.20. The lowest BCUT2D eigenvalue weighted by atomic mass is 10.1. The second-order valence-electron chi connectivity index (χ2n) is 7.03. The molecule has 2 rings (SSSR count). The summed E-state index contributed by atoms with van der Waals surface area (Å²) in [5, 5.41) is 11.4. The zero-order valence-electron chi connectivity index (χ0n) is 17.8. The molecule has 2 amide bonds. The van der Waals surface area contributed by atoms with Crippen LogP contribution in [0.25, 0.3) is 6.08 Å². The molecule has 7 heteroatoms. The largest absolute Gasteiger partial charge is 0.451 e. The maximum atomic E-state index is 12.8. The number of ether oxygens (including phenoxy) is 1. The predicted octanol–water partition coefficient (Wildman–Crippen LogP) is 3.27. The number of rotatable bonds is 8. The van der Waals surface area contributed by atoms with E-state index in [1.54, 1.807) is 24.3 Å². The van der Waals surface area contributed by atoms with Crippen LogP contribution in [0.2, 0.25) is 0 Å². The van der Waals surface area contributed by atoms with Crippen LogP contribution in [0.15, 0.2) is 54.2 Å². The van der Waals surface area contributed by atoms with E-state index >= 15 is 0 Å². The van der Waals surface area contributed by atoms with Crippen LogP contribution in [-0.4, -0.2) is 30.9 Å². The first-order valence-electron chi connectivity index (χ1n) is 9.77. The zero-order chi connectivity index (χ0) is 22.8. The van der Waals surface area contributed by atoms with E-state index in [4.69, 9.17) is 10.00 Å². The fourth-order valence-corrected chi connectivity index (χ4v) is 3.00. The van der Waals surface area contributed by atoms with Gasteiger partial charge in [0.1, 0.15) is 5.70 Å². The molecular formula is C24H25N3O4. The Balaban J connectivity index is 2.17. The van der Waals surface area contributed by atoms with E-state index in [9.17, 15) is 14.4 Å². The van der Waals surface area contributed by atoms with E-state index in [0.29, 0.717) is 11.3 Å². The number of nitrogens with one attached hydrogen (secondary N) is 1. The molecule has 0 aliphatic carbocycles. The fourth-order valence-electron chi connectivity index (χ4n) is 3.00. The molecule has 7 nitrogen and oxygen atoms in total. The van der Waals surface area contributed by atoms with E-state index in [1.807, 2.05) is 44.2 Å². The minimum atomic E-state index is -0.826. The average molecular weight is 419 g/mol. The molecule has 0 bridgehead atoms. The molecule has 2 aromatic carbocycles. The van der Waals surface area contributed by atoms with Crippen molar-refractivity contribution >= 4 is 29.5 Å². The standard InChI is InChI=1S/C24H25N3O4/c1-17-12-18(2)14-21(13-17)27(11-7-10-25)23(29)16-31-24(30)22(26-19(3)28)15-20-8-5-4-6-9-20/h4-6,8-9,12-15H,7,11,16H2,1-3H3,(H,26,28)/b22-15+. The topological polar surface area (TPSA) is 99.5 Å². The van der Waals surface area contributed by atoms with Gasteiger partial charge < -0.3 is 15.0 Å². The zero-order valence-corrected chi connectivity index (χ0v) is 17.8. The van der Waals surface area contributed by atoms with Crippen LogP contribution in [0.3, 0.4) is 0 Å². The summed E-state index contributed by atoms with van der Waals surface area (Å²) < 4.78 is 5.19. The van der Waals surface area contributed by atoms with Gasteiger partial charge in [0.25, 0.3) is 5.91 Å². The number of hydrogen-bond donors (Lipinski definition) is 1. The number of anilines is 1. The lowest BCUT2D eigenvalue weighted by Gasteiger charge is -2.23. The summed E-state index contributed by atoms with van der Waals surface area (Å²) in [7, 11) is 0. The Hall–Kier alpha value is -3.92. The fraction of sp³-hybridized carbons (Fsp3) is 0.250. The van der Waals surface area contributed by atoms with Gasteiger partial charge in [0.05, 0.1) is 12.5 Å². The summed E-state index contributed by atoms with van der Waals surface area (Å²) in [6.07, 6.45) is 1.61. The first kappa shape index (κ1) is 23.4. The van der Waals surface area contributed by atoms with Crippen molar-refractivity contribution in [3.8, 4) is 6.07 Å². The Morgan fingerprint density at radius 3 is 2.32 bits per heavy atom. The minimum absolute atomic E-state index is 0.0681. The van der Waals surface area contributed by atoms with Crippen LogP contribution in [0.1, 0.15) is 30.0 Å². The van der Waals surface area contributed by atoms with Gasteiger partial charge in [-0.3, -0.25) is 9.59 Å². The molecule has 0 spiro atoms. The molecule has 31 heavy (non-hydrogen) atoms. The third kappa shape index (κ3) is 7.44. The predicted molar refractivity (Wildman–Crippen MR) is 118 cm³/mol. The highest BCUT2D eigenvalue weighted by molar-refractivity contribution is 6.00. The monoisotopic (exact) mass is 419 g/mol. The van der Waals surface area contributed by atoms with E-state index in [1.165, 1.54) is 17.9 Å². The molecule has 1 N–H and O–H groups in total. The average Bonchev–Trinajstić information content (AvgIpc) is 2.71. The lowest BCUT2D eigenvalue weighted by Crippen LogP contribution is -2.36. The van der Waals surface area contributed by atoms with E-state index in [2.05, 4.69) is 5.32 Å². The van der Waals surface area contributed by atoms with Crippen molar-refractivity contribution in [1.29, 1.82) is 5.26 Å². The number of carbonyl (C=O) groups excluding carboxylic acids is 3. The van der Waals surface area contributed by atoms with Crippen LogP contribution >= 0.6 is 0 Å². The number of nitriles is 1. The van der Waals surface area contributed by atoms with Gasteiger partial charge in [-0.05, 0) is 48.7 Å². The molecule has 0 saturated heterocycles. The molecule has 0 aliphatic rings. The molecule has 0 aliphatic heterocycles. The number of benzene rings is 2. The number of aryl methyl sites for hydroxylation is 2. The SMILES string of the molecule is CC(=O)N/C(=C/c1ccccc1)C(=O)OCC(=O)N(CCC#N)c1cc(C)cc(C)c1. The summed E-state index contributed by atoms with van der Waals surface area (Å²) in [6.45, 7) is 4.76. The smallest absolute Gasteiger partial charge is 0.355 e. The van der Waals surface area contributed by atoms with Crippen molar-refractivity contribution in [3.05, 3.63) is 70.9 Å². The summed E-state index contributed by atoms with van der Waals surface area (Å²) in [5.41, 5.74) is 3.21. The van der Waals surface area contributed by atoms with Crippen LogP contribution in [0.4, 0.5) is 5.69 Å². The Morgan fingerprint density at radius 1 is 1.10 bits per heavy atom. The van der Waals surface area contributed by atoms with Gasteiger partial charge in [-0.25, -0.2) is 4.79 Å². The highest BCUT2D eigenvalue weighted by Crippen LogP contribution is 2.19. The maximum absolute atomic E-state index is 12.8. The second kappa shape index (κ2) is 11.3. The molecule has 0 atom stereocenters. The van der Waals surface area contributed by atoms with Crippen LogP contribution in [0.5, 0.6) is 0 Å². The molecule has 0 fully saturated rings. The van der Waals surface area contributed by atoms with Gasteiger partial charge in [0.2, 0.25) is 5.91 Å². The summed E-state index contributed by atoms with van der Waals surface area (Å²) in [6, 6.07) is 16.6. The van der Waals surface area contributed by atoms with Crippen LogP contribution in [-0.2, 0) is 19.1 Å². The summed E-state index contributed by atoms with van der Waals surface area (Å²) in [5.74, 6) is -1.72. The highest BCUT2D eigenvalue weighted by atomic mass is 16.5. The molecule has 0 radical (unpaired) electrons. The Bertz CT molecular complexity index is 1000. The Kier molecular flexibility index (Phi) is 8.52. The van der Waals surface area contributed by atoms with Gasteiger partial charge >= 0.3 is 5.97 Å². The molecule has 0 unspecified atom stereocenters. The number of amides is 2. The van der Waals surface area contributed by atoms with Crippen molar-refractivity contribution in [2.75, 3.05) is 18.1 Å². The first-order valence-corrected chi connectivity index (χ1v) is 9.77. The third-order valence-corrected chi connectivity index (χ3v) is 4.23. The van der Waals surface area contributed by atoms with Crippen molar-refractivity contribution in [2.24, 2.45) is 0 Å². The van der Waals surface area contributed by atoms with E-state index in [0.717, 1.165) is 11.1 Å². The van der Waals surface area contributed by atoms with Gasteiger partial charge in [-0.1, -0.05) is 36.4 Å². The van der Waals surface area contributed by atoms with Crippen molar-refractivity contribution in [1.82, 2.24) is 5.32 Å². The number of esters is 1. The molecule has 160 valence electrons. The maximum Gasteiger partial charge on any atom is 0.355 e. The molecule has 2 aromatic rings.